The summed E-state index contributed by atoms with van der Waals surface area (Å²) in [6.07, 6.45) is 6.27. The van der Waals surface area contributed by atoms with E-state index < -0.39 is 5.60 Å². The Balaban J connectivity index is 2.00. The average molecular weight is 277 g/mol. The largest absolute Gasteiger partial charge is 0.444 e. The lowest BCUT2D eigenvalue weighted by Gasteiger charge is -2.24. The van der Waals surface area contributed by atoms with Crippen LogP contribution in [0.25, 0.3) is 0 Å². The van der Waals surface area contributed by atoms with E-state index in [0.29, 0.717) is 12.5 Å². The van der Waals surface area contributed by atoms with Gasteiger partial charge in [0.05, 0.1) is 6.33 Å². The first kappa shape index (κ1) is 14.6. The third-order valence-electron chi connectivity index (χ3n) is 3.33. The summed E-state index contributed by atoms with van der Waals surface area (Å²) >= 11 is 0. The highest BCUT2D eigenvalue weighted by atomic mass is 16.6. The Kier molecular flexibility index (Phi) is 4.16. The highest BCUT2D eigenvalue weighted by Crippen LogP contribution is 2.28. The zero-order valence-corrected chi connectivity index (χ0v) is 12.5. The molecule has 0 radical (unpaired) electrons. The highest BCUT2D eigenvalue weighted by Gasteiger charge is 2.31. The Labute approximate surface area is 120 Å². The van der Waals surface area contributed by atoms with Crippen molar-refractivity contribution in [1.82, 2.24) is 14.5 Å². The summed E-state index contributed by atoms with van der Waals surface area (Å²) in [5.41, 5.74) is 0.718. The van der Waals surface area contributed by atoms with E-state index in [1.54, 1.807) is 4.90 Å². The minimum atomic E-state index is -0.445. The third kappa shape index (κ3) is 3.40. The number of imidazole rings is 1. The van der Waals surface area contributed by atoms with Gasteiger partial charge in [0.1, 0.15) is 5.60 Å². The Hall–Kier alpha value is -1.78. The van der Waals surface area contributed by atoms with Crippen LogP contribution in [-0.4, -0.2) is 39.2 Å². The van der Waals surface area contributed by atoms with Crippen molar-refractivity contribution in [2.24, 2.45) is 0 Å². The Morgan fingerprint density at radius 1 is 1.60 bits per heavy atom. The molecule has 0 N–H and O–H groups in total. The molecule has 0 bridgehead atoms. The lowest BCUT2D eigenvalue weighted by Crippen LogP contribution is -2.35. The van der Waals surface area contributed by atoms with Gasteiger partial charge in [-0.3, -0.25) is 0 Å². The van der Waals surface area contributed by atoms with Gasteiger partial charge in [-0.1, -0.05) is 6.08 Å². The van der Waals surface area contributed by atoms with Crippen LogP contribution in [0.2, 0.25) is 0 Å². The second-order valence-corrected chi connectivity index (χ2v) is 6.17. The van der Waals surface area contributed by atoms with E-state index in [0.717, 1.165) is 25.2 Å². The molecule has 20 heavy (non-hydrogen) atoms. The molecule has 1 aromatic rings. The molecule has 110 valence electrons. The van der Waals surface area contributed by atoms with Gasteiger partial charge in [0.2, 0.25) is 0 Å². The van der Waals surface area contributed by atoms with Gasteiger partial charge in [0, 0.05) is 37.4 Å². The number of hydrogen-bond acceptors (Lipinski definition) is 3. The maximum absolute atomic E-state index is 12.1. The summed E-state index contributed by atoms with van der Waals surface area (Å²) < 4.78 is 7.49. The fourth-order valence-electron chi connectivity index (χ4n) is 2.46. The first-order valence-corrected chi connectivity index (χ1v) is 6.99. The molecular weight excluding hydrogens is 254 g/mol. The quantitative estimate of drug-likeness (QED) is 0.798. The Bertz CT molecular complexity index is 488. The molecule has 1 fully saturated rings. The predicted molar refractivity (Wildman–Crippen MR) is 77.6 cm³/mol. The number of likely N-dealkylation sites (tertiary alicyclic amines) is 1. The van der Waals surface area contributed by atoms with Gasteiger partial charge >= 0.3 is 6.09 Å². The molecule has 2 heterocycles. The molecule has 5 heteroatoms. The molecular formula is C15H23N3O2. The highest BCUT2D eigenvalue weighted by molar-refractivity contribution is 5.68. The predicted octanol–water partition coefficient (Wildman–Crippen LogP) is 2.79. The molecule has 1 atom stereocenters. The fourth-order valence-corrected chi connectivity index (χ4v) is 2.46. The summed E-state index contributed by atoms with van der Waals surface area (Å²) in [7, 11) is 0. The molecule has 0 aromatic carbocycles. The van der Waals surface area contributed by atoms with E-state index >= 15 is 0 Å². The number of ether oxygens (including phenoxy) is 1. The topological polar surface area (TPSA) is 47.4 Å². The van der Waals surface area contributed by atoms with E-state index in [1.807, 2.05) is 39.4 Å². The van der Waals surface area contributed by atoms with E-state index in [1.165, 1.54) is 0 Å². The first-order chi connectivity index (χ1) is 9.40. The monoisotopic (exact) mass is 277 g/mol. The lowest BCUT2D eigenvalue weighted by atomic mass is 10.1. The van der Waals surface area contributed by atoms with Crippen molar-refractivity contribution in [1.29, 1.82) is 0 Å². The molecule has 1 aromatic heterocycles. The molecule has 2 rings (SSSR count). The van der Waals surface area contributed by atoms with Crippen molar-refractivity contribution in [3.8, 4) is 0 Å². The molecule has 5 nitrogen and oxygen atoms in total. The van der Waals surface area contributed by atoms with Crippen LogP contribution in [0.3, 0.4) is 0 Å². The number of amides is 1. The number of allylic oxidation sites excluding steroid dienone is 1. The summed E-state index contributed by atoms with van der Waals surface area (Å²) in [5, 5.41) is 0. The number of carbonyl (C=O) groups is 1. The van der Waals surface area contributed by atoms with Gasteiger partial charge in [-0.2, -0.15) is 0 Å². The van der Waals surface area contributed by atoms with Crippen molar-refractivity contribution >= 4 is 6.09 Å². The number of nitrogens with zero attached hydrogens (tertiary/aromatic N) is 3. The number of rotatable bonds is 3. The Morgan fingerprint density at radius 2 is 2.35 bits per heavy atom. The normalized spacial score (nSPS) is 19.1. The van der Waals surface area contributed by atoms with Gasteiger partial charge in [-0.25, -0.2) is 9.78 Å². The van der Waals surface area contributed by atoms with Crippen molar-refractivity contribution in [2.45, 2.75) is 45.3 Å². The number of carbonyl (C=O) groups excluding carboxylic acids is 1. The second-order valence-electron chi connectivity index (χ2n) is 6.17. The van der Waals surface area contributed by atoms with Crippen LogP contribution in [0.5, 0.6) is 0 Å². The van der Waals surface area contributed by atoms with E-state index in [9.17, 15) is 4.79 Å². The molecule has 0 saturated carbocycles. The second kappa shape index (κ2) is 5.69. The number of hydrogen-bond donors (Lipinski definition) is 0. The van der Waals surface area contributed by atoms with E-state index in [-0.39, 0.29) is 6.09 Å². The number of aromatic nitrogens is 2. The first-order valence-electron chi connectivity index (χ1n) is 6.99. The van der Waals surface area contributed by atoms with Crippen molar-refractivity contribution in [2.75, 3.05) is 13.1 Å². The van der Waals surface area contributed by atoms with E-state index in [4.69, 9.17) is 4.74 Å². The Morgan fingerprint density at radius 3 is 3.00 bits per heavy atom. The molecule has 1 amide bonds. The van der Waals surface area contributed by atoms with Gasteiger partial charge < -0.3 is 14.2 Å². The minimum Gasteiger partial charge on any atom is -0.444 e. The van der Waals surface area contributed by atoms with Gasteiger partial charge in [-0.05, 0) is 27.2 Å². The molecule has 0 aliphatic carbocycles. The maximum Gasteiger partial charge on any atom is 0.410 e. The fraction of sp³-hybridized carbons (Fsp3) is 0.600. The maximum atomic E-state index is 12.1. The van der Waals surface area contributed by atoms with Crippen molar-refractivity contribution < 1.29 is 9.53 Å². The van der Waals surface area contributed by atoms with Gasteiger partial charge in [0.25, 0.3) is 0 Å². The lowest BCUT2D eigenvalue weighted by molar-refractivity contribution is 0.0292. The van der Waals surface area contributed by atoms with E-state index in [2.05, 4.69) is 16.1 Å². The molecule has 1 unspecified atom stereocenters. The van der Waals surface area contributed by atoms with Crippen LogP contribution in [-0.2, 0) is 11.3 Å². The SMILES string of the molecule is C=CCn1cncc1C1CCN(C(=O)OC(C)(C)C)C1. The standard InChI is InChI=1S/C15H23N3O2/c1-5-7-18-11-16-9-13(18)12-6-8-17(10-12)14(19)20-15(2,3)4/h5,9,11-12H,1,6-8,10H2,2-4H3. The van der Waals surface area contributed by atoms with Crippen molar-refractivity contribution in [3.63, 3.8) is 0 Å². The van der Waals surface area contributed by atoms with Gasteiger partial charge in [-0.15, -0.1) is 6.58 Å². The third-order valence-corrected chi connectivity index (χ3v) is 3.33. The average Bonchev–Trinajstić information content (AvgIpc) is 2.94. The van der Waals surface area contributed by atoms with Crippen LogP contribution < -0.4 is 0 Å². The summed E-state index contributed by atoms with van der Waals surface area (Å²) in [4.78, 5) is 18.0. The summed E-state index contributed by atoms with van der Waals surface area (Å²) in [6, 6.07) is 0. The van der Waals surface area contributed by atoms with Crippen LogP contribution in [0.15, 0.2) is 25.2 Å². The van der Waals surface area contributed by atoms with Crippen molar-refractivity contribution in [3.05, 3.63) is 30.9 Å². The summed E-state index contributed by atoms with van der Waals surface area (Å²) in [6.45, 7) is 11.6. The summed E-state index contributed by atoms with van der Waals surface area (Å²) in [5.74, 6) is 0.324. The van der Waals surface area contributed by atoms with Crippen LogP contribution in [0, 0.1) is 0 Å². The molecule has 1 saturated heterocycles. The van der Waals surface area contributed by atoms with Crippen LogP contribution >= 0.6 is 0 Å². The molecule has 0 spiro atoms. The minimum absolute atomic E-state index is 0.227. The molecule has 1 aliphatic heterocycles. The smallest absolute Gasteiger partial charge is 0.410 e. The van der Waals surface area contributed by atoms with Crippen LogP contribution in [0.1, 0.15) is 38.8 Å². The zero-order valence-electron chi connectivity index (χ0n) is 12.5. The zero-order chi connectivity index (χ0) is 14.8. The van der Waals surface area contributed by atoms with Crippen LogP contribution in [0.4, 0.5) is 4.79 Å². The molecule has 1 aliphatic rings. The van der Waals surface area contributed by atoms with Gasteiger partial charge in [0.15, 0.2) is 0 Å².